The van der Waals surface area contributed by atoms with Crippen LogP contribution >= 0.6 is 0 Å². The van der Waals surface area contributed by atoms with Crippen molar-refractivity contribution in [2.24, 2.45) is 7.05 Å². The van der Waals surface area contributed by atoms with Crippen molar-refractivity contribution in [2.75, 3.05) is 0 Å². The molecule has 0 aliphatic heterocycles. The van der Waals surface area contributed by atoms with Gasteiger partial charge in [-0.1, -0.05) is 42.5 Å². The molecule has 0 saturated heterocycles. The zero-order valence-electron chi connectivity index (χ0n) is 15.8. The molecule has 1 amide bonds. The second-order valence-electron chi connectivity index (χ2n) is 6.64. The molecule has 0 aliphatic carbocycles. The van der Waals surface area contributed by atoms with Gasteiger partial charge >= 0.3 is 0 Å². The molecule has 4 rings (SSSR count). The maximum atomic E-state index is 12.6. The number of aromatic nitrogens is 3. The lowest BCUT2D eigenvalue weighted by molar-refractivity contribution is 0.0977. The molecule has 29 heavy (non-hydrogen) atoms. The summed E-state index contributed by atoms with van der Waals surface area (Å²) < 4.78 is 28.9. The van der Waals surface area contributed by atoms with E-state index in [2.05, 4.69) is 14.7 Å². The maximum Gasteiger partial charge on any atom is 0.285 e. The fourth-order valence-corrected chi connectivity index (χ4v) is 4.39. The second-order valence-corrected chi connectivity index (χ2v) is 8.29. The number of carbonyl (C=O) groups is 1. The molecule has 0 unspecified atom stereocenters. The third kappa shape index (κ3) is 3.50. The molecular formula is C21H18N4O3S. The summed E-state index contributed by atoms with van der Waals surface area (Å²) in [4.78, 5) is 21.4. The number of carbonyl (C=O) groups excluding carboxylic acids is 1. The standard InChI is InChI=1S/C21H18N4O3S/c1-14-7-3-6-10-18(14)29(27,28)24-21(26)17-13-25(2)20(23-17)19-16-9-5-4-8-15(16)11-12-22-19/h3-13H,1-2H3,(H,24,26). The van der Waals surface area contributed by atoms with Crippen LogP contribution in [0.4, 0.5) is 0 Å². The minimum atomic E-state index is -4.01. The van der Waals surface area contributed by atoms with Gasteiger partial charge in [0.2, 0.25) is 0 Å². The van der Waals surface area contributed by atoms with Crippen LogP contribution in [0, 0.1) is 6.92 Å². The van der Waals surface area contributed by atoms with Crippen molar-refractivity contribution in [1.29, 1.82) is 0 Å². The average molecular weight is 406 g/mol. The summed E-state index contributed by atoms with van der Waals surface area (Å²) in [7, 11) is -2.27. The van der Waals surface area contributed by atoms with Gasteiger partial charge in [0.1, 0.15) is 11.4 Å². The Hall–Kier alpha value is -3.52. The second kappa shape index (κ2) is 7.14. The number of benzene rings is 2. The Bertz CT molecular complexity index is 1340. The number of fused-ring (bicyclic) bond motifs is 1. The minimum Gasteiger partial charge on any atom is -0.332 e. The van der Waals surface area contributed by atoms with Gasteiger partial charge in [0.05, 0.1) is 4.90 Å². The number of sulfonamides is 1. The molecule has 8 heteroatoms. The molecule has 2 aromatic heterocycles. The quantitative estimate of drug-likeness (QED) is 0.562. The number of nitrogens with one attached hydrogen (secondary N) is 1. The van der Waals surface area contributed by atoms with Gasteiger partial charge < -0.3 is 4.57 Å². The van der Waals surface area contributed by atoms with Gasteiger partial charge in [-0.25, -0.2) is 18.1 Å². The van der Waals surface area contributed by atoms with Crippen molar-refractivity contribution in [3.8, 4) is 11.5 Å². The summed E-state index contributed by atoms with van der Waals surface area (Å²) in [5.74, 6) is -0.324. The van der Waals surface area contributed by atoms with Crippen LogP contribution in [0.25, 0.3) is 22.3 Å². The monoisotopic (exact) mass is 406 g/mol. The van der Waals surface area contributed by atoms with Gasteiger partial charge in [-0.3, -0.25) is 9.78 Å². The third-order valence-electron chi connectivity index (χ3n) is 4.60. The fourth-order valence-electron chi connectivity index (χ4n) is 3.18. The van der Waals surface area contributed by atoms with Crippen molar-refractivity contribution >= 4 is 26.7 Å². The fraction of sp³-hybridized carbons (Fsp3) is 0.0952. The highest BCUT2D eigenvalue weighted by atomic mass is 32.2. The van der Waals surface area contributed by atoms with Crippen molar-refractivity contribution in [2.45, 2.75) is 11.8 Å². The molecule has 2 heterocycles. The molecule has 0 fully saturated rings. The molecule has 0 radical (unpaired) electrons. The highest BCUT2D eigenvalue weighted by Crippen LogP contribution is 2.25. The number of rotatable bonds is 4. The van der Waals surface area contributed by atoms with E-state index in [0.717, 1.165) is 10.8 Å². The van der Waals surface area contributed by atoms with Gasteiger partial charge in [-0.2, -0.15) is 0 Å². The van der Waals surface area contributed by atoms with Gasteiger partial charge in [0.25, 0.3) is 15.9 Å². The Morgan fingerprint density at radius 1 is 1.03 bits per heavy atom. The number of aryl methyl sites for hydroxylation is 2. The zero-order valence-corrected chi connectivity index (χ0v) is 16.6. The maximum absolute atomic E-state index is 12.6. The van der Waals surface area contributed by atoms with Crippen LogP contribution in [-0.4, -0.2) is 28.9 Å². The molecule has 0 atom stereocenters. The Labute approximate surface area is 168 Å². The molecule has 146 valence electrons. The van der Waals surface area contributed by atoms with E-state index in [1.54, 1.807) is 42.9 Å². The Balaban J connectivity index is 1.69. The molecule has 0 aliphatic rings. The van der Waals surface area contributed by atoms with E-state index in [0.29, 0.717) is 17.1 Å². The van der Waals surface area contributed by atoms with E-state index in [1.165, 1.54) is 12.3 Å². The number of imidazole rings is 1. The number of pyridine rings is 1. The molecule has 0 saturated carbocycles. The normalized spacial score (nSPS) is 11.5. The van der Waals surface area contributed by atoms with Gasteiger partial charge in [-0.15, -0.1) is 0 Å². The van der Waals surface area contributed by atoms with E-state index < -0.39 is 15.9 Å². The Kier molecular flexibility index (Phi) is 4.63. The summed E-state index contributed by atoms with van der Waals surface area (Å²) in [5, 5.41) is 1.89. The third-order valence-corrected chi connectivity index (χ3v) is 6.10. The molecule has 2 aromatic carbocycles. The highest BCUT2D eigenvalue weighted by Gasteiger charge is 2.23. The average Bonchev–Trinajstić information content (AvgIpc) is 3.09. The summed E-state index contributed by atoms with van der Waals surface area (Å²) >= 11 is 0. The number of amides is 1. The van der Waals surface area contributed by atoms with Crippen LogP contribution in [0.15, 0.2) is 71.9 Å². The minimum absolute atomic E-state index is 0.00519. The van der Waals surface area contributed by atoms with Gasteiger partial charge in [0.15, 0.2) is 5.82 Å². The van der Waals surface area contributed by atoms with Crippen molar-refractivity contribution in [1.82, 2.24) is 19.3 Å². The van der Waals surface area contributed by atoms with E-state index in [4.69, 9.17) is 0 Å². The first-order chi connectivity index (χ1) is 13.9. The van der Waals surface area contributed by atoms with E-state index in [1.807, 2.05) is 30.3 Å². The van der Waals surface area contributed by atoms with Gasteiger partial charge in [0, 0.05) is 24.8 Å². The van der Waals surface area contributed by atoms with Crippen LogP contribution < -0.4 is 4.72 Å². The number of hydrogen-bond donors (Lipinski definition) is 1. The Morgan fingerprint density at radius 3 is 2.55 bits per heavy atom. The van der Waals surface area contributed by atoms with Crippen LogP contribution in [0.1, 0.15) is 16.1 Å². The number of nitrogens with zero attached hydrogens (tertiary/aromatic N) is 3. The SMILES string of the molecule is Cc1ccccc1S(=O)(=O)NC(=O)c1cn(C)c(-c2nccc3ccccc23)n1. The Morgan fingerprint density at radius 2 is 1.76 bits per heavy atom. The zero-order chi connectivity index (χ0) is 20.6. The molecule has 0 bridgehead atoms. The van der Waals surface area contributed by atoms with E-state index in [-0.39, 0.29) is 10.6 Å². The first-order valence-corrected chi connectivity index (χ1v) is 10.4. The molecule has 4 aromatic rings. The predicted molar refractivity (Wildman–Crippen MR) is 110 cm³/mol. The first kappa shape index (κ1) is 18.8. The van der Waals surface area contributed by atoms with Crippen LogP contribution in [0.2, 0.25) is 0 Å². The summed E-state index contributed by atoms with van der Waals surface area (Å²) in [6, 6.07) is 16.1. The van der Waals surface area contributed by atoms with Crippen LogP contribution in [0.5, 0.6) is 0 Å². The summed E-state index contributed by atoms with van der Waals surface area (Å²) in [5.41, 5.74) is 1.16. The van der Waals surface area contributed by atoms with Gasteiger partial charge in [-0.05, 0) is 30.0 Å². The largest absolute Gasteiger partial charge is 0.332 e. The topological polar surface area (TPSA) is 94.0 Å². The molecule has 0 spiro atoms. The lowest BCUT2D eigenvalue weighted by Gasteiger charge is -2.07. The number of hydrogen-bond acceptors (Lipinski definition) is 5. The molecule has 7 nitrogen and oxygen atoms in total. The van der Waals surface area contributed by atoms with E-state index >= 15 is 0 Å². The van der Waals surface area contributed by atoms with Crippen LogP contribution in [-0.2, 0) is 17.1 Å². The van der Waals surface area contributed by atoms with Crippen molar-refractivity contribution in [3.63, 3.8) is 0 Å². The molecule has 1 N–H and O–H groups in total. The van der Waals surface area contributed by atoms with Crippen molar-refractivity contribution < 1.29 is 13.2 Å². The van der Waals surface area contributed by atoms with E-state index in [9.17, 15) is 13.2 Å². The molecular weight excluding hydrogens is 388 g/mol. The summed E-state index contributed by atoms with van der Waals surface area (Å²) in [6.07, 6.45) is 3.16. The lowest BCUT2D eigenvalue weighted by atomic mass is 10.1. The first-order valence-electron chi connectivity index (χ1n) is 8.87. The van der Waals surface area contributed by atoms with Crippen molar-refractivity contribution in [3.05, 3.63) is 78.2 Å². The smallest absolute Gasteiger partial charge is 0.285 e. The lowest BCUT2D eigenvalue weighted by Crippen LogP contribution is -2.31. The highest BCUT2D eigenvalue weighted by molar-refractivity contribution is 7.90. The predicted octanol–water partition coefficient (Wildman–Crippen LogP) is 3.06. The van der Waals surface area contributed by atoms with Crippen LogP contribution in [0.3, 0.4) is 0 Å². The summed E-state index contributed by atoms with van der Waals surface area (Å²) in [6.45, 7) is 1.67.